The van der Waals surface area contributed by atoms with Crippen LogP contribution in [0.4, 0.5) is 0 Å². The molecule has 0 aliphatic rings. The number of hydrogen-bond donors (Lipinski definition) is 0. The van der Waals surface area contributed by atoms with Gasteiger partial charge in [-0.15, -0.1) is 0 Å². The summed E-state index contributed by atoms with van der Waals surface area (Å²) in [5, 5.41) is 0. The Kier molecular flexibility index (Phi) is 443000. The summed E-state index contributed by atoms with van der Waals surface area (Å²) in [6.07, 6.45) is 0. The van der Waals surface area contributed by atoms with Crippen LogP contribution in [-0.4, -0.2) is 0 Å². The van der Waals surface area contributed by atoms with Crippen molar-refractivity contribution in [2.24, 2.45) is 0 Å². The summed E-state index contributed by atoms with van der Waals surface area (Å²) < 4.78 is 37.5. The van der Waals surface area contributed by atoms with Crippen LogP contribution in [0.2, 0.25) is 0 Å². The first-order valence-corrected chi connectivity index (χ1v) is 8.86. The predicted octanol–water partition coefficient (Wildman–Crippen LogP) is 0.696. The van der Waals surface area contributed by atoms with Crippen LogP contribution in [-0.2, 0) is 38.8 Å². The van der Waals surface area contributed by atoms with Crippen LogP contribution in [0.3, 0.4) is 0 Å². The van der Waals surface area contributed by atoms with Gasteiger partial charge < -0.3 is 0 Å². The Morgan fingerprint density at radius 3 is 0.500 bits per heavy atom. The molecule has 0 saturated heterocycles. The van der Waals surface area contributed by atoms with Crippen molar-refractivity contribution in [1.29, 1.82) is 0 Å². The summed E-state index contributed by atoms with van der Waals surface area (Å²) in [4.78, 5) is 0. The van der Waals surface area contributed by atoms with Crippen LogP contribution in [0.1, 0.15) is 0 Å². The Morgan fingerprint density at radius 1 is 0.500 bits per heavy atom. The standard InChI is InChI=1S/5CO.HI.Re/c5*1-2;;/h;;;;;1H;/q;;;;;;+1/p-1. The monoisotopic (exact) mass is 454 g/mol. The molecule has 0 aromatic rings. The fourth-order valence-corrected chi connectivity index (χ4v) is 0. The van der Waals surface area contributed by atoms with Crippen molar-refractivity contribution in [3.8, 4) is 0 Å². The summed E-state index contributed by atoms with van der Waals surface area (Å²) in [6, 6.07) is 0. The van der Waals surface area contributed by atoms with Crippen molar-refractivity contribution in [1.82, 2.24) is 0 Å². The molecule has 0 N–H and O–H groups in total. The van der Waals surface area contributed by atoms with Gasteiger partial charge in [-0.3, -0.25) is 0 Å². The molecule has 0 heterocycles. The predicted molar refractivity (Wildman–Crippen MR) is 33.7 cm³/mol. The fraction of sp³-hybridized carbons (Fsp3) is 0. The Morgan fingerprint density at radius 2 is 0.500 bits per heavy atom. The molecular formula is C5IO5Re. The van der Waals surface area contributed by atoms with E-state index in [4.69, 9.17) is 23.3 Å². The third-order valence-electron chi connectivity index (χ3n) is 0. The minimum atomic E-state index is 1.69. The van der Waals surface area contributed by atoms with E-state index in [-0.39, 0.29) is 0 Å². The molecule has 0 aromatic carbocycles. The summed E-state index contributed by atoms with van der Waals surface area (Å²) in [5.74, 6) is 0. The van der Waals surface area contributed by atoms with Crippen molar-refractivity contribution in [2.45, 2.75) is 0 Å². The van der Waals surface area contributed by atoms with E-state index in [0.717, 1.165) is 0 Å². The van der Waals surface area contributed by atoms with Gasteiger partial charge in [-0.25, -0.2) is 0 Å². The molecule has 0 fully saturated rings. The van der Waals surface area contributed by atoms with E-state index in [1.54, 1.807) is 15.6 Å². The zero-order chi connectivity index (χ0) is 12.0. The normalized spacial score (nSPS) is 1.33. The van der Waals surface area contributed by atoms with Crippen molar-refractivity contribution in [3.05, 3.63) is 33.3 Å². The van der Waals surface area contributed by atoms with Gasteiger partial charge in [0.15, 0.2) is 0 Å². The van der Waals surface area contributed by atoms with Gasteiger partial charge >= 0.3 is 91.6 Å². The van der Waals surface area contributed by atoms with E-state index >= 15 is 0 Å². The maximum atomic E-state index is 7.50. The molecule has 0 spiro atoms. The van der Waals surface area contributed by atoms with Gasteiger partial charge in [0.2, 0.25) is 0 Å². The molecule has 5 nitrogen and oxygen atoms in total. The van der Waals surface area contributed by atoms with Gasteiger partial charge in [0.1, 0.15) is 0 Å². The molecular weight excluding hydrogens is 453 g/mol. The molecule has 0 bridgehead atoms. The summed E-state index contributed by atoms with van der Waals surface area (Å²) >= 11 is 3.90. The first-order valence-electron chi connectivity index (χ1n) is 1.16. The first-order chi connectivity index (χ1) is 6.00. The van der Waals surface area contributed by atoms with E-state index in [2.05, 4.69) is 52.8 Å². The Bertz CT molecular complexity index is 78.4. The van der Waals surface area contributed by atoms with Crippen molar-refractivity contribution in [3.63, 3.8) is 0 Å². The average Bonchev–Trinajstić information content (AvgIpc) is 2.33. The molecule has 7 heteroatoms. The molecule has 0 radical (unpaired) electrons. The molecule has 12 heavy (non-hydrogen) atoms. The topological polar surface area (TPSA) is 99.5 Å². The molecule has 0 atom stereocenters. The van der Waals surface area contributed by atoms with Gasteiger partial charge in [0.05, 0.1) is 0 Å². The maximum absolute atomic E-state index is 7.50. The number of halogens is 1. The van der Waals surface area contributed by atoms with Crippen LogP contribution in [0.15, 0.2) is 0 Å². The third kappa shape index (κ3) is 97900. The van der Waals surface area contributed by atoms with Gasteiger partial charge in [-0.2, -0.15) is 0 Å². The van der Waals surface area contributed by atoms with E-state index in [0.29, 0.717) is 0 Å². The SMILES string of the molecule is [C-]#[O+].[C-]#[O+].[C-]#[O+].[C-]#[O+].[C-]#[O+].[I][Re]. The van der Waals surface area contributed by atoms with Crippen LogP contribution in [0.25, 0.3) is 0 Å². The summed E-state index contributed by atoms with van der Waals surface area (Å²) in [5.41, 5.74) is 0. The van der Waals surface area contributed by atoms with Crippen LogP contribution in [0.5, 0.6) is 0 Å². The Labute approximate surface area is 91.3 Å². The summed E-state index contributed by atoms with van der Waals surface area (Å²) in [6.45, 7) is 22.5. The van der Waals surface area contributed by atoms with Gasteiger partial charge in [0.25, 0.3) is 0 Å². The zero-order valence-electron chi connectivity index (χ0n) is 5.30. The molecule has 0 amide bonds. The molecule has 0 unspecified atom stereocenters. The van der Waals surface area contributed by atoms with Crippen LogP contribution < -0.4 is 0 Å². The second-order valence-corrected chi connectivity index (χ2v) is 0. The molecule has 0 rings (SSSR count). The minimum absolute atomic E-state index is 1.69. The Hall–Kier alpha value is 0.0923. The van der Waals surface area contributed by atoms with Crippen molar-refractivity contribution >= 4 is 19.5 Å². The third-order valence-corrected chi connectivity index (χ3v) is 0. The quantitative estimate of drug-likeness (QED) is 0.293. The second-order valence-electron chi connectivity index (χ2n) is 0. The number of rotatable bonds is 0. The van der Waals surface area contributed by atoms with Crippen LogP contribution >= 0.6 is 19.5 Å². The number of hydrogen-bond acceptors (Lipinski definition) is 0. The van der Waals surface area contributed by atoms with Gasteiger partial charge in [-0.05, 0) is 0 Å². The van der Waals surface area contributed by atoms with E-state index in [9.17, 15) is 0 Å². The molecule has 64 valence electrons. The van der Waals surface area contributed by atoms with E-state index in [1.807, 2.05) is 0 Å². The van der Waals surface area contributed by atoms with Crippen LogP contribution in [0, 0.1) is 33.3 Å². The van der Waals surface area contributed by atoms with E-state index in [1.165, 1.54) is 0 Å². The molecule has 0 aromatic heterocycles. The average molecular weight is 453 g/mol. The van der Waals surface area contributed by atoms with E-state index < -0.39 is 0 Å². The zero-order valence-corrected chi connectivity index (χ0v) is 10.2. The van der Waals surface area contributed by atoms with Gasteiger partial charge in [0, 0.05) is 0 Å². The fourth-order valence-electron chi connectivity index (χ4n) is 0. The van der Waals surface area contributed by atoms with Crippen molar-refractivity contribution in [2.75, 3.05) is 0 Å². The first kappa shape index (κ1) is 40.1. The second kappa shape index (κ2) is 133000. The summed E-state index contributed by atoms with van der Waals surface area (Å²) in [7, 11) is 0. The molecule has 0 saturated carbocycles. The van der Waals surface area contributed by atoms with Crippen molar-refractivity contribution < 1.29 is 38.8 Å². The Balaban J connectivity index is -0.00000000900. The molecule has 0 aliphatic carbocycles. The van der Waals surface area contributed by atoms with Gasteiger partial charge in [-0.1, -0.05) is 0 Å². The molecule has 0 aliphatic heterocycles.